The predicted octanol–water partition coefficient (Wildman–Crippen LogP) is 4.80. The lowest BCUT2D eigenvalue weighted by molar-refractivity contribution is -0.118. The number of rotatable bonds is 4. The molecule has 10 heteroatoms. The molecule has 2 heterocycles. The van der Waals surface area contributed by atoms with Crippen LogP contribution in [-0.4, -0.2) is 26.2 Å². The number of carbonyl (C=O) groups excluding carboxylic acids is 1. The number of imidazole rings is 1. The van der Waals surface area contributed by atoms with Crippen LogP contribution in [0, 0.1) is 11.3 Å². The summed E-state index contributed by atoms with van der Waals surface area (Å²) in [6, 6.07) is 11.7. The van der Waals surface area contributed by atoms with Crippen LogP contribution in [0.2, 0.25) is 0 Å². The quantitative estimate of drug-likeness (QED) is 0.552. The van der Waals surface area contributed by atoms with Gasteiger partial charge in [-0.3, -0.25) is 14.3 Å². The smallest absolute Gasteiger partial charge is 0.329 e. The van der Waals surface area contributed by atoms with Gasteiger partial charge in [0.05, 0.1) is 34.3 Å². The summed E-state index contributed by atoms with van der Waals surface area (Å²) >= 11 is 0. The number of carbonyl (C=O) groups is 1. The topological polar surface area (TPSA) is 92.7 Å². The lowest BCUT2D eigenvalue weighted by Gasteiger charge is -2.18. The van der Waals surface area contributed by atoms with Crippen LogP contribution in [0.5, 0.6) is 0 Å². The van der Waals surface area contributed by atoms with Crippen molar-refractivity contribution in [3.63, 3.8) is 0 Å². The fourth-order valence-corrected chi connectivity index (χ4v) is 4.09. The third-order valence-corrected chi connectivity index (χ3v) is 5.75. The Kier molecular flexibility index (Phi) is 6.98. The van der Waals surface area contributed by atoms with E-state index in [4.69, 9.17) is 0 Å². The van der Waals surface area contributed by atoms with Crippen LogP contribution < -0.4 is 11.0 Å². The number of allylic oxidation sites excluding steroid dienone is 6. The number of halogens is 3. The number of nitriles is 1. The first kappa shape index (κ1) is 25.4. The molecule has 7 nitrogen and oxygen atoms in total. The molecule has 1 aliphatic rings. The van der Waals surface area contributed by atoms with Gasteiger partial charge in [0.15, 0.2) is 0 Å². The molecule has 0 saturated heterocycles. The zero-order chi connectivity index (χ0) is 26.7. The van der Waals surface area contributed by atoms with Crippen molar-refractivity contribution in [1.29, 1.82) is 5.26 Å². The second-order valence-electron chi connectivity index (χ2n) is 8.45. The van der Waals surface area contributed by atoms with Crippen LogP contribution in [0.25, 0.3) is 22.6 Å². The van der Waals surface area contributed by atoms with Crippen molar-refractivity contribution in [3.8, 4) is 23.1 Å². The van der Waals surface area contributed by atoms with Crippen molar-refractivity contribution in [2.45, 2.75) is 25.9 Å². The normalized spacial score (nSPS) is 14.0. The minimum atomic E-state index is -4.68. The fourth-order valence-electron chi connectivity index (χ4n) is 4.09. The summed E-state index contributed by atoms with van der Waals surface area (Å²) in [5, 5.41) is 11.6. The summed E-state index contributed by atoms with van der Waals surface area (Å²) in [5.74, 6) is -0.579. The van der Waals surface area contributed by atoms with Crippen LogP contribution in [0.3, 0.4) is 0 Å². The zero-order valence-corrected chi connectivity index (χ0v) is 20.0. The fraction of sp³-hybridized carbons (Fsp3) is 0.185. The third-order valence-electron chi connectivity index (χ3n) is 5.75. The first-order chi connectivity index (χ1) is 17.6. The lowest BCUT2D eigenvalue weighted by Crippen LogP contribution is -2.25. The Labute approximate surface area is 210 Å². The average molecular weight is 506 g/mol. The number of benzene rings is 1. The number of alkyl halides is 3. The van der Waals surface area contributed by atoms with Crippen LogP contribution in [0.4, 0.5) is 13.2 Å². The third kappa shape index (κ3) is 5.46. The maximum atomic E-state index is 14.0. The molecule has 0 aliphatic heterocycles. The van der Waals surface area contributed by atoms with Crippen LogP contribution in [0.15, 0.2) is 83.1 Å². The van der Waals surface area contributed by atoms with Gasteiger partial charge in [-0.1, -0.05) is 18.2 Å². The van der Waals surface area contributed by atoms with E-state index in [0.29, 0.717) is 34.6 Å². The van der Waals surface area contributed by atoms with E-state index < -0.39 is 17.7 Å². The standard InChI is InChI=1S/C27H22F3N5O2/c1-17(36)33-23-9-4-3-7-19(13-22(23)27(28,29)30)20-10-11-32-24(14-20)25-16-34(2)26(37)35(25)21-8-5-6-18(12-21)15-31/h3,5-8,10-14,16H,4,9H2,1-2H3,(H,33,36). The molecule has 1 amide bonds. The number of pyridine rings is 1. The Morgan fingerprint density at radius 1 is 1.22 bits per heavy atom. The highest BCUT2D eigenvalue weighted by molar-refractivity contribution is 5.80. The van der Waals surface area contributed by atoms with Gasteiger partial charge in [0, 0.05) is 32.1 Å². The number of nitrogens with one attached hydrogen (secondary N) is 1. The number of amides is 1. The van der Waals surface area contributed by atoms with E-state index >= 15 is 0 Å². The Bertz CT molecular complexity index is 1570. The molecule has 0 spiro atoms. The van der Waals surface area contributed by atoms with E-state index in [2.05, 4.69) is 10.3 Å². The molecule has 0 unspecified atom stereocenters. The Hall–Kier alpha value is -4.65. The van der Waals surface area contributed by atoms with Crippen molar-refractivity contribution in [1.82, 2.24) is 19.4 Å². The van der Waals surface area contributed by atoms with Crippen molar-refractivity contribution < 1.29 is 18.0 Å². The van der Waals surface area contributed by atoms with Crippen LogP contribution in [0.1, 0.15) is 30.9 Å². The molecule has 0 radical (unpaired) electrons. The van der Waals surface area contributed by atoms with Crippen LogP contribution >= 0.6 is 0 Å². The number of nitrogens with zero attached hydrogens (tertiary/aromatic N) is 4. The maximum Gasteiger partial charge on any atom is 0.418 e. The first-order valence-electron chi connectivity index (χ1n) is 11.3. The largest absolute Gasteiger partial charge is 0.418 e. The van der Waals surface area contributed by atoms with E-state index in [1.807, 2.05) is 6.07 Å². The second-order valence-corrected chi connectivity index (χ2v) is 8.45. The molecule has 1 aliphatic carbocycles. The van der Waals surface area contributed by atoms with Gasteiger partial charge in [-0.05, 0) is 60.4 Å². The van der Waals surface area contributed by atoms with Crippen molar-refractivity contribution in [2.75, 3.05) is 0 Å². The van der Waals surface area contributed by atoms with E-state index in [9.17, 15) is 28.0 Å². The number of aromatic nitrogens is 3. The molecule has 37 heavy (non-hydrogen) atoms. The number of hydrogen-bond donors (Lipinski definition) is 1. The summed E-state index contributed by atoms with van der Waals surface area (Å²) in [6.07, 6.45) is 3.04. The van der Waals surface area contributed by atoms with Gasteiger partial charge >= 0.3 is 11.9 Å². The molecular weight excluding hydrogens is 483 g/mol. The molecule has 0 fully saturated rings. The summed E-state index contributed by atoms with van der Waals surface area (Å²) in [7, 11) is 1.57. The van der Waals surface area contributed by atoms with Gasteiger partial charge in [0.2, 0.25) is 5.91 Å². The number of hydrogen-bond acceptors (Lipinski definition) is 4. The SMILES string of the molecule is CC(=O)NC1=C(C(F)(F)F)C=C(c2ccnc(-c3cn(C)c(=O)n3-c3cccc(C#N)c3)c2)C=CCC1. The highest BCUT2D eigenvalue weighted by atomic mass is 19.4. The second kappa shape index (κ2) is 10.1. The highest BCUT2D eigenvalue weighted by Gasteiger charge is 2.35. The summed E-state index contributed by atoms with van der Waals surface area (Å²) in [4.78, 5) is 28.9. The monoisotopic (exact) mass is 505 g/mol. The van der Waals surface area contributed by atoms with E-state index in [1.165, 1.54) is 22.3 Å². The van der Waals surface area contributed by atoms with E-state index in [1.54, 1.807) is 61.8 Å². The van der Waals surface area contributed by atoms with Gasteiger partial charge in [0.1, 0.15) is 0 Å². The van der Waals surface area contributed by atoms with E-state index in [-0.39, 0.29) is 23.4 Å². The Morgan fingerprint density at radius 2 is 2.00 bits per heavy atom. The molecule has 1 aromatic carbocycles. The molecule has 188 valence electrons. The van der Waals surface area contributed by atoms with Gasteiger partial charge in [-0.2, -0.15) is 18.4 Å². The molecule has 0 atom stereocenters. The van der Waals surface area contributed by atoms with Gasteiger partial charge in [-0.15, -0.1) is 0 Å². The van der Waals surface area contributed by atoms with Gasteiger partial charge < -0.3 is 9.88 Å². The lowest BCUT2D eigenvalue weighted by atomic mass is 9.97. The minimum absolute atomic E-state index is 0.0361. The van der Waals surface area contributed by atoms with E-state index in [0.717, 1.165) is 6.08 Å². The minimum Gasteiger partial charge on any atom is -0.329 e. The Morgan fingerprint density at radius 3 is 2.70 bits per heavy atom. The van der Waals surface area contributed by atoms with Gasteiger partial charge in [0.25, 0.3) is 0 Å². The maximum absolute atomic E-state index is 14.0. The first-order valence-corrected chi connectivity index (χ1v) is 11.3. The van der Waals surface area contributed by atoms with Crippen molar-refractivity contribution in [3.05, 3.63) is 99.9 Å². The number of aryl methyl sites for hydroxylation is 1. The highest BCUT2D eigenvalue weighted by Crippen LogP contribution is 2.35. The average Bonchev–Trinajstić information content (AvgIpc) is 3.14. The molecule has 4 rings (SSSR count). The molecule has 0 saturated carbocycles. The molecule has 2 aromatic heterocycles. The molecular formula is C27H22F3N5O2. The van der Waals surface area contributed by atoms with Crippen LogP contribution in [-0.2, 0) is 11.8 Å². The Balaban J connectivity index is 1.87. The molecule has 1 N–H and O–H groups in total. The van der Waals surface area contributed by atoms with Crippen molar-refractivity contribution >= 4 is 11.5 Å². The molecule has 0 bridgehead atoms. The van der Waals surface area contributed by atoms with Gasteiger partial charge in [-0.25, -0.2) is 4.79 Å². The summed E-state index contributed by atoms with van der Waals surface area (Å²) < 4.78 is 44.7. The molecule has 3 aromatic rings. The van der Waals surface area contributed by atoms with Crippen molar-refractivity contribution in [2.24, 2.45) is 7.05 Å². The predicted molar refractivity (Wildman–Crippen MR) is 132 cm³/mol. The zero-order valence-electron chi connectivity index (χ0n) is 20.0. The summed E-state index contributed by atoms with van der Waals surface area (Å²) in [5.41, 5.74) is 0.821. The summed E-state index contributed by atoms with van der Waals surface area (Å²) in [6.45, 7) is 1.17.